The molecule has 106 valence electrons. The molecule has 1 aliphatic carbocycles. The van der Waals surface area contributed by atoms with E-state index in [2.05, 4.69) is 12.2 Å². The Morgan fingerprint density at radius 1 is 1.26 bits per heavy atom. The molecule has 1 unspecified atom stereocenters. The van der Waals surface area contributed by atoms with Crippen LogP contribution in [0.5, 0.6) is 11.5 Å². The monoisotopic (exact) mass is 283 g/mol. The summed E-state index contributed by atoms with van der Waals surface area (Å²) in [6.45, 7) is 2.20. The molecule has 0 saturated heterocycles. The van der Waals surface area contributed by atoms with E-state index in [4.69, 9.17) is 21.1 Å². The first-order chi connectivity index (χ1) is 9.13. The maximum Gasteiger partial charge on any atom is 0.145 e. The molecule has 3 nitrogen and oxygen atoms in total. The van der Waals surface area contributed by atoms with Crippen molar-refractivity contribution in [1.82, 2.24) is 0 Å². The fourth-order valence-corrected chi connectivity index (χ4v) is 2.77. The van der Waals surface area contributed by atoms with Gasteiger partial charge in [0.2, 0.25) is 0 Å². The first-order valence-electron chi connectivity index (χ1n) is 6.82. The molecular formula is C15H22ClNO2. The van der Waals surface area contributed by atoms with Crippen molar-refractivity contribution in [2.75, 3.05) is 19.5 Å². The van der Waals surface area contributed by atoms with Crippen LogP contribution in [0.25, 0.3) is 0 Å². The molecule has 0 spiro atoms. The Balaban J connectivity index is 2.07. The van der Waals surface area contributed by atoms with Gasteiger partial charge >= 0.3 is 0 Å². The Hall–Kier alpha value is -1.09. The Labute approximate surface area is 120 Å². The molecule has 1 aliphatic rings. The molecule has 1 N–H and O–H groups in total. The molecule has 1 aromatic carbocycles. The van der Waals surface area contributed by atoms with Crippen molar-refractivity contribution in [3.8, 4) is 11.5 Å². The van der Waals surface area contributed by atoms with Gasteiger partial charge in [0.1, 0.15) is 11.5 Å². The molecule has 0 bridgehead atoms. The predicted octanol–water partition coefficient (Wildman–Crippen LogP) is 4.35. The Bertz CT molecular complexity index is 432. The summed E-state index contributed by atoms with van der Waals surface area (Å²) in [6.07, 6.45) is 5.32. The zero-order chi connectivity index (χ0) is 13.8. The van der Waals surface area contributed by atoms with E-state index in [-0.39, 0.29) is 0 Å². The topological polar surface area (TPSA) is 30.5 Å². The van der Waals surface area contributed by atoms with Crippen LogP contribution in [0.15, 0.2) is 12.1 Å². The molecule has 1 fully saturated rings. The maximum absolute atomic E-state index is 6.17. The molecule has 0 radical (unpaired) electrons. The normalized spacial score (nSPS) is 16.6. The summed E-state index contributed by atoms with van der Waals surface area (Å²) >= 11 is 6.17. The smallest absolute Gasteiger partial charge is 0.145 e. The molecular weight excluding hydrogens is 262 g/mol. The van der Waals surface area contributed by atoms with E-state index in [1.165, 1.54) is 25.7 Å². The Kier molecular flexibility index (Phi) is 4.81. The minimum atomic E-state index is 0.420. The third kappa shape index (κ3) is 3.47. The van der Waals surface area contributed by atoms with Crippen molar-refractivity contribution in [2.24, 2.45) is 5.92 Å². The Morgan fingerprint density at radius 2 is 1.95 bits per heavy atom. The zero-order valence-electron chi connectivity index (χ0n) is 11.8. The summed E-state index contributed by atoms with van der Waals surface area (Å²) in [4.78, 5) is 0. The average Bonchev–Trinajstić information content (AvgIpc) is 2.34. The summed E-state index contributed by atoms with van der Waals surface area (Å²) < 4.78 is 10.6. The summed E-state index contributed by atoms with van der Waals surface area (Å²) in [5.41, 5.74) is 0.931. The van der Waals surface area contributed by atoms with Gasteiger partial charge in [-0.25, -0.2) is 0 Å². The van der Waals surface area contributed by atoms with E-state index >= 15 is 0 Å². The molecule has 2 rings (SSSR count). The van der Waals surface area contributed by atoms with Crippen LogP contribution >= 0.6 is 11.6 Å². The molecule has 19 heavy (non-hydrogen) atoms. The van der Waals surface area contributed by atoms with Gasteiger partial charge in [-0.15, -0.1) is 0 Å². The molecule has 0 amide bonds. The number of benzene rings is 1. The van der Waals surface area contributed by atoms with E-state index in [1.807, 2.05) is 12.1 Å². The highest BCUT2D eigenvalue weighted by Crippen LogP contribution is 2.37. The number of hydrogen-bond donors (Lipinski definition) is 1. The van der Waals surface area contributed by atoms with Gasteiger partial charge in [-0.1, -0.05) is 30.9 Å². The van der Waals surface area contributed by atoms with Crippen LogP contribution in [-0.2, 0) is 0 Å². The predicted molar refractivity (Wildman–Crippen MR) is 79.6 cm³/mol. The van der Waals surface area contributed by atoms with Crippen LogP contribution in [-0.4, -0.2) is 20.3 Å². The van der Waals surface area contributed by atoms with E-state index in [0.717, 1.165) is 17.4 Å². The molecule has 1 saturated carbocycles. The number of ether oxygens (including phenoxy) is 2. The number of hydrogen-bond acceptors (Lipinski definition) is 3. The van der Waals surface area contributed by atoms with Crippen LogP contribution in [0.4, 0.5) is 5.69 Å². The SMILES string of the molecule is COc1cc(OC)c(NC(C)CC2CCC2)cc1Cl. The zero-order valence-corrected chi connectivity index (χ0v) is 12.6. The van der Waals surface area contributed by atoms with Gasteiger partial charge in [-0.05, 0) is 25.3 Å². The summed E-state index contributed by atoms with van der Waals surface area (Å²) in [5.74, 6) is 2.28. The quantitative estimate of drug-likeness (QED) is 0.842. The highest BCUT2D eigenvalue weighted by atomic mass is 35.5. The standard InChI is InChI=1S/C15H22ClNO2/c1-10(7-11-5-4-6-11)17-13-8-12(16)14(18-2)9-15(13)19-3/h8-11,17H,4-7H2,1-3H3. The third-order valence-corrected chi connectivity index (χ3v) is 4.08. The van der Waals surface area contributed by atoms with Crippen molar-refractivity contribution >= 4 is 17.3 Å². The van der Waals surface area contributed by atoms with Crippen LogP contribution in [0, 0.1) is 5.92 Å². The van der Waals surface area contributed by atoms with Crippen molar-refractivity contribution in [3.63, 3.8) is 0 Å². The number of methoxy groups -OCH3 is 2. The van der Waals surface area contributed by atoms with Crippen molar-refractivity contribution in [3.05, 3.63) is 17.2 Å². The molecule has 1 aromatic rings. The third-order valence-electron chi connectivity index (χ3n) is 3.79. The first-order valence-corrected chi connectivity index (χ1v) is 7.20. The first kappa shape index (κ1) is 14.3. The summed E-state index contributed by atoms with van der Waals surface area (Å²) in [6, 6.07) is 4.11. The van der Waals surface area contributed by atoms with Gasteiger partial charge < -0.3 is 14.8 Å². The van der Waals surface area contributed by atoms with Gasteiger partial charge in [-0.2, -0.15) is 0 Å². The van der Waals surface area contributed by atoms with Crippen molar-refractivity contribution in [1.29, 1.82) is 0 Å². The van der Waals surface area contributed by atoms with E-state index in [0.29, 0.717) is 16.8 Å². The van der Waals surface area contributed by atoms with Gasteiger partial charge in [0, 0.05) is 12.1 Å². The van der Waals surface area contributed by atoms with Gasteiger partial charge in [0.25, 0.3) is 0 Å². The second-order valence-electron chi connectivity index (χ2n) is 5.27. The highest BCUT2D eigenvalue weighted by molar-refractivity contribution is 6.32. The Morgan fingerprint density at radius 3 is 2.47 bits per heavy atom. The summed E-state index contributed by atoms with van der Waals surface area (Å²) in [7, 11) is 3.26. The molecule has 0 aromatic heterocycles. The van der Waals surface area contributed by atoms with Gasteiger partial charge in [0.05, 0.1) is 24.9 Å². The van der Waals surface area contributed by atoms with E-state index in [1.54, 1.807) is 14.2 Å². The number of anilines is 1. The largest absolute Gasteiger partial charge is 0.495 e. The minimum absolute atomic E-state index is 0.420. The fourth-order valence-electron chi connectivity index (χ4n) is 2.53. The number of rotatable bonds is 6. The number of nitrogens with one attached hydrogen (secondary N) is 1. The molecule has 4 heteroatoms. The van der Waals surface area contributed by atoms with E-state index < -0.39 is 0 Å². The second kappa shape index (κ2) is 6.38. The minimum Gasteiger partial charge on any atom is -0.495 e. The van der Waals surface area contributed by atoms with Crippen LogP contribution in [0.1, 0.15) is 32.6 Å². The second-order valence-corrected chi connectivity index (χ2v) is 5.67. The van der Waals surface area contributed by atoms with E-state index in [9.17, 15) is 0 Å². The number of halogens is 1. The molecule has 0 aliphatic heterocycles. The highest BCUT2D eigenvalue weighted by Gasteiger charge is 2.20. The van der Waals surface area contributed by atoms with Crippen molar-refractivity contribution < 1.29 is 9.47 Å². The maximum atomic E-state index is 6.17. The van der Waals surface area contributed by atoms with Crippen molar-refractivity contribution in [2.45, 2.75) is 38.6 Å². The van der Waals surface area contributed by atoms with Crippen LogP contribution in [0.2, 0.25) is 5.02 Å². The summed E-state index contributed by atoms with van der Waals surface area (Å²) in [5, 5.41) is 4.09. The van der Waals surface area contributed by atoms with Gasteiger partial charge in [0.15, 0.2) is 0 Å². The lowest BCUT2D eigenvalue weighted by atomic mass is 9.81. The van der Waals surface area contributed by atoms with Crippen LogP contribution < -0.4 is 14.8 Å². The average molecular weight is 284 g/mol. The molecule has 1 atom stereocenters. The fraction of sp³-hybridized carbons (Fsp3) is 0.600. The lowest BCUT2D eigenvalue weighted by molar-refractivity contribution is 0.285. The van der Waals surface area contributed by atoms with Gasteiger partial charge in [-0.3, -0.25) is 0 Å². The lowest BCUT2D eigenvalue weighted by Gasteiger charge is -2.29. The van der Waals surface area contributed by atoms with Crippen LogP contribution in [0.3, 0.4) is 0 Å². The molecule has 0 heterocycles. The lowest BCUT2D eigenvalue weighted by Crippen LogP contribution is -2.23.